The van der Waals surface area contributed by atoms with Gasteiger partial charge in [0.05, 0.1) is 0 Å². The Kier molecular flexibility index (Phi) is 14.3. The van der Waals surface area contributed by atoms with Crippen LogP contribution < -0.4 is 0 Å². The third-order valence-electron chi connectivity index (χ3n) is 4.21. The average Bonchev–Trinajstić information content (AvgIpc) is 2.55. The van der Waals surface area contributed by atoms with Crippen LogP contribution in [0.1, 0.15) is 79.1 Å². The molecule has 144 valence electrons. The van der Waals surface area contributed by atoms with Gasteiger partial charge in [0.1, 0.15) is 12.5 Å². The molecule has 5 heteroatoms. The molecule has 0 radical (unpaired) electrons. The van der Waals surface area contributed by atoms with E-state index in [4.69, 9.17) is 14.2 Å². The summed E-state index contributed by atoms with van der Waals surface area (Å²) < 4.78 is 17.0. The van der Waals surface area contributed by atoms with E-state index >= 15 is 0 Å². The van der Waals surface area contributed by atoms with Gasteiger partial charge in [-0.3, -0.25) is 4.79 Å². The minimum absolute atomic E-state index is 0.151. The van der Waals surface area contributed by atoms with Crippen molar-refractivity contribution < 1.29 is 24.1 Å². The maximum atomic E-state index is 11.8. The van der Waals surface area contributed by atoms with Crippen LogP contribution in [0.4, 0.5) is 0 Å². The van der Waals surface area contributed by atoms with Gasteiger partial charge in [0.15, 0.2) is 0 Å². The summed E-state index contributed by atoms with van der Waals surface area (Å²) in [6.45, 7) is 9.25. The lowest BCUT2D eigenvalue weighted by molar-refractivity contribution is -0.284. The van der Waals surface area contributed by atoms with E-state index in [9.17, 15) is 9.90 Å². The van der Waals surface area contributed by atoms with Gasteiger partial charge in [0, 0.05) is 19.8 Å². The van der Waals surface area contributed by atoms with Gasteiger partial charge >= 0.3 is 5.97 Å². The van der Waals surface area contributed by atoms with Crippen molar-refractivity contribution in [1.29, 1.82) is 0 Å². The minimum atomic E-state index is -1.19. The highest BCUT2D eigenvalue weighted by Crippen LogP contribution is 2.30. The first kappa shape index (κ1) is 23.4. The Morgan fingerprint density at radius 2 is 1.42 bits per heavy atom. The maximum Gasteiger partial charge on any atom is 0.312 e. The Bertz CT molecular complexity index is 300. The van der Waals surface area contributed by atoms with Gasteiger partial charge in [-0.1, -0.05) is 51.9 Å². The number of hydrogen-bond donors (Lipinski definition) is 1. The molecule has 0 aromatic rings. The second-order valence-corrected chi connectivity index (χ2v) is 6.12. The summed E-state index contributed by atoms with van der Waals surface area (Å²) in [5.41, 5.74) is 0. The average molecular weight is 347 g/mol. The summed E-state index contributed by atoms with van der Waals surface area (Å²) in [5.74, 6) is -2.77. The molecule has 0 saturated heterocycles. The van der Waals surface area contributed by atoms with E-state index in [0.29, 0.717) is 26.2 Å². The molecular weight excluding hydrogens is 308 g/mol. The van der Waals surface area contributed by atoms with Crippen molar-refractivity contribution in [3.8, 4) is 0 Å². The molecule has 0 aliphatic carbocycles. The topological polar surface area (TPSA) is 65.0 Å². The van der Waals surface area contributed by atoms with Crippen LogP contribution in [0.2, 0.25) is 0 Å². The van der Waals surface area contributed by atoms with E-state index in [2.05, 4.69) is 6.92 Å². The molecule has 24 heavy (non-hydrogen) atoms. The van der Waals surface area contributed by atoms with Crippen LogP contribution >= 0.6 is 0 Å². The molecule has 0 amide bonds. The van der Waals surface area contributed by atoms with Crippen molar-refractivity contribution in [2.45, 2.75) is 84.8 Å². The molecule has 0 fully saturated rings. The van der Waals surface area contributed by atoms with Crippen LogP contribution in [-0.4, -0.2) is 43.3 Å². The van der Waals surface area contributed by atoms with E-state index in [-0.39, 0.29) is 6.61 Å². The molecule has 0 bridgehead atoms. The zero-order valence-corrected chi connectivity index (χ0v) is 16.1. The van der Waals surface area contributed by atoms with Crippen LogP contribution in [0.3, 0.4) is 0 Å². The van der Waals surface area contributed by atoms with Crippen LogP contribution in [0, 0.1) is 5.92 Å². The number of hydrogen-bond acceptors (Lipinski definition) is 4. The lowest BCUT2D eigenvalue weighted by Gasteiger charge is -2.37. The first-order chi connectivity index (χ1) is 11.6. The largest absolute Gasteiger partial charge is 0.481 e. The number of carboxylic acids is 1. The first-order valence-corrected chi connectivity index (χ1v) is 9.66. The monoisotopic (exact) mass is 346 g/mol. The summed E-state index contributed by atoms with van der Waals surface area (Å²) in [7, 11) is 0. The molecule has 0 heterocycles. The number of unbranched alkanes of at least 4 members (excludes halogenated alkanes) is 6. The molecule has 0 aliphatic heterocycles. The van der Waals surface area contributed by atoms with Crippen LogP contribution in [0.25, 0.3) is 0 Å². The van der Waals surface area contributed by atoms with Crippen LogP contribution in [0.15, 0.2) is 0 Å². The molecular formula is C19H38O5. The van der Waals surface area contributed by atoms with Gasteiger partial charge in [-0.2, -0.15) is 0 Å². The predicted octanol–water partition coefficient (Wildman–Crippen LogP) is 4.63. The Labute approximate surface area is 148 Å². The highest BCUT2D eigenvalue weighted by molar-refractivity contribution is 5.71. The fraction of sp³-hybridized carbons (Fsp3) is 0.947. The number of carbonyl (C=O) groups is 1. The molecule has 1 atom stereocenters. The lowest BCUT2D eigenvalue weighted by Crippen LogP contribution is -2.51. The number of ether oxygens (including phenoxy) is 3. The quantitative estimate of drug-likeness (QED) is 0.307. The molecule has 0 saturated carbocycles. The van der Waals surface area contributed by atoms with Crippen LogP contribution in [0.5, 0.6) is 0 Å². The SMILES string of the molecule is CCCCCCCCCC(C(=O)O)C(COCC)(OCC)OCC. The zero-order valence-electron chi connectivity index (χ0n) is 16.1. The van der Waals surface area contributed by atoms with Gasteiger partial charge < -0.3 is 19.3 Å². The smallest absolute Gasteiger partial charge is 0.312 e. The lowest BCUT2D eigenvalue weighted by atomic mass is 9.91. The third-order valence-corrected chi connectivity index (χ3v) is 4.21. The van der Waals surface area contributed by atoms with Crippen LogP contribution in [-0.2, 0) is 19.0 Å². The van der Waals surface area contributed by atoms with Gasteiger partial charge in [-0.15, -0.1) is 0 Å². The van der Waals surface area contributed by atoms with E-state index in [1.54, 1.807) is 0 Å². The van der Waals surface area contributed by atoms with Crippen molar-refractivity contribution in [3.05, 3.63) is 0 Å². The molecule has 1 unspecified atom stereocenters. The Morgan fingerprint density at radius 3 is 1.88 bits per heavy atom. The van der Waals surface area contributed by atoms with Gasteiger partial charge in [0.25, 0.3) is 0 Å². The van der Waals surface area contributed by atoms with Gasteiger partial charge in [0.2, 0.25) is 5.79 Å². The molecule has 1 N–H and O–H groups in total. The summed E-state index contributed by atoms with van der Waals surface area (Å²) in [4.78, 5) is 11.8. The van der Waals surface area contributed by atoms with Crippen molar-refractivity contribution in [2.24, 2.45) is 5.92 Å². The van der Waals surface area contributed by atoms with E-state index in [1.165, 1.54) is 25.7 Å². The second-order valence-electron chi connectivity index (χ2n) is 6.12. The predicted molar refractivity (Wildman–Crippen MR) is 96.2 cm³/mol. The highest BCUT2D eigenvalue weighted by atomic mass is 16.7. The first-order valence-electron chi connectivity index (χ1n) is 9.66. The second kappa shape index (κ2) is 14.7. The van der Waals surface area contributed by atoms with E-state index < -0.39 is 17.7 Å². The molecule has 0 aromatic carbocycles. The molecule has 0 aromatic heterocycles. The van der Waals surface area contributed by atoms with Crippen molar-refractivity contribution >= 4 is 5.97 Å². The molecule has 0 aliphatic rings. The minimum Gasteiger partial charge on any atom is -0.481 e. The van der Waals surface area contributed by atoms with E-state index in [1.807, 2.05) is 20.8 Å². The van der Waals surface area contributed by atoms with Crippen molar-refractivity contribution in [3.63, 3.8) is 0 Å². The summed E-state index contributed by atoms with van der Waals surface area (Å²) in [6, 6.07) is 0. The summed E-state index contributed by atoms with van der Waals surface area (Å²) in [5, 5.41) is 9.72. The molecule has 5 nitrogen and oxygen atoms in total. The Morgan fingerprint density at radius 1 is 0.875 bits per heavy atom. The fourth-order valence-corrected chi connectivity index (χ4v) is 3.00. The van der Waals surface area contributed by atoms with Crippen molar-refractivity contribution in [1.82, 2.24) is 0 Å². The van der Waals surface area contributed by atoms with E-state index in [0.717, 1.165) is 19.3 Å². The molecule has 0 rings (SSSR count). The van der Waals surface area contributed by atoms with Crippen molar-refractivity contribution in [2.75, 3.05) is 26.4 Å². The fourth-order valence-electron chi connectivity index (χ4n) is 3.00. The normalized spacial score (nSPS) is 13.2. The number of aliphatic carboxylic acids is 1. The third kappa shape index (κ3) is 9.00. The number of carboxylic acid groups (broad SMARTS) is 1. The summed E-state index contributed by atoms with van der Waals surface area (Å²) in [6.07, 6.45) is 8.66. The maximum absolute atomic E-state index is 11.8. The van der Waals surface area contributed by atoms with Gasteiger partial charge in [-0.25, -0.2) is 0 Å². The zero-order chi connectivity index (χ0) is 18.3. The molecule has 0 spiro atoms. The summed E-state index contributed by atoms with van der Waals surface area (Å²) >= 11 is 0. The Hall–Kier alpha value is -0.650. The number of rotatable bonds is 17. The standard InChI is InChI=1S/C19H38O5/c1-5-9-10-11-12-13-14-15-17(18(20)21)19(23-7-3,24-8-4)16-22-6-2/h17H,5-16H2,1-4H3,(H,20,21). The highest BCUT2D eigenvalue weighted by Gasteiger charge is 2.45. The van der Waals surface area contributed by atoms with Gasteiger partial charge in [-0.05, 0) is 27.2 Å². The Balaban J connectivity index is 4.69.